The fraction of sp³-hybridized carbons (Fsp3) is 0.667. The summed E-state index contributed by atoms with van der Waals surface area (Å²) in [5.74, 6) is 0. The van der Waals surface area contributed by atoms with Gasteiger partial charge >= 0.3 is 0 Å². The third kappa shape index (κ3) is 4.08. The normalized spacial score (nSPS) is 14.3. The molecule has 0 spiro atoms. The molecule has 0 fully saturated rings. The maximum Gasteiger partial charge on any atom is 0.225 e. The maximum atomic E-state index is 9.44. The van der Waals surface area contributed by atoms with E-state index in [1.807, 2.05) is 4.57 Å². The number of nitrogens with zero attached hydrogens (tertiary/aromatic N) is 4. The number of fused-ring (bicyclic) bond motifs is 1. The average Bonchev–Trinajstić information content (AvgIpc) is 2.86. The molecule has 1 N–H and O–H groups in total. The van der Waals surface area contributed by atoms with Crippen LogP contribution in [0.1, 0.15) is 33.2 Å². The number of aromatic nitrogens is 4. The smallest absolute Gasteiger partial charge is 0.225 e. The van der Waals surface area contributed by atoms with Crippen LogP contribution in [0, 0.1) is 0 Å². The molecule has 0 bridgehead atoms. The van der Waals surface area contributed by atoms with E-state index in [2.05, 4.69) is 48.8 Å². The van der Waals surface area contributed by atoms with E-state index in [9.17, 15) is 5.11 Å². The summed E-state index contributed by atoms with van der Waals surface area (Å²) in [4.78, 5) is 12.4. The summed E-state index contributed by atoms with van der Waals surface area (Å²) in [5.41, 5.74) is 1.05. The number of rotatable bonds is 6. The first-order chi connectivity index (χ1) is 11.1. The molecule has 0 aromatic carbocycles. The van der Waals surface area contributed by atoms with Crippen molar-refractivity contribution in [1.29, 1.82) is 0 Å². The van der Waals surface area contributed by atoms with Gasteiger partial charge in [-0.2, -0.15) is 4.98 Å². The van der Waals surface area contributed by atoms with Crippen LogP contribution in [0.25, 0.3) is 11.2 Å². The molecule has 2 aromatic heterocycles. The average molecular weight is 391 g/mol. The van der Waals surface area contributed by atoms with Gasteiger partial charge < -0.3 is 14.1 Å². The third-order valence-electron chi connectivity index (χ3n) is 4.65. The Morgan fingerprint density at radius 1 is 1.29 bits per heavy atom. The van der Waals surface area contributed by atoms with Gasteiger partial charge in [0.15, 0.2) is 19.1 Å². The molecule has 0 saturated heterocycles. The number of hydrogen-bond acceptors (Lipinski definition) is 5. The van der Waals surface area contributed by atoms with Crippen LogP contribution in [0.3, 0.4) is 0 Å². The molecule has 2 aromatic rings. The molecule has 0 unspecified atom stereocenters. The van der Waals surface area contributed by atoms with Crippen molar-refractivity contribution in [2.75, 3.05) is 13.2 Å². The van der Waals surface area contributed by atoms with Crippen LogP contribution in [-0.4, -0.2) is 46.2 Å². The number of aliphatic hydroxyl groups excluding tert-OH is 1. The van der Waals surface area contributed by atoms with E-state index in [0.717, 1.165) is 0 Å². The van der Waals surface area contributed by atoms with Gasteiger partial charge in [0.2, 0.25) is 5.28 Å². The molecule has 9 heteroatoms. The Morgan fingerprint density at radius 2 is 1.96 bits per heavy atom. The molecule has 24 heavy (non-hydrogen) atoms. The molecule has 0 amide bonds. The summed E-state index contributed by atoms with van der Waals surface area (Å²) in [6.07, 6.45) is 2.18. The zero-order valence-electron chi connectivity index (χ0n) is 14.7. The minimum atomic E-state index is -1.90. The summed E-state index contributed by atoms with van der Waals surface area (Å²) in [6.45, 7) is 11.5. The molecular weight excluding hydrogens is 367 g/mol. The van der Waals surface area contributed by atoms with Gasteiger partial charge in [-0.05, 0) is 36.2 Å². The van der Waals surface area contributed by atoms with Crippen molar-refractivity contribution < 1.29 is 9.53 Å². The van der Waals surface area contributed by atoms with Crippen LogP contribution in [0.2, 0.25) is 28.6 Å². The molecule has 0 aliphatic carbocycles. The van der Waals surface area contributed by atoms with Crippen molar-refractivity contribution >= 4 is 42.7 Å². The first-order valence-electron chi connectivity index (χ1n) is 7.87. The first kappa shape index (κ1) is 19.6. The molecule has 2 rings (SSSR count). The highest BCUT2D eigenvalue weighted by molar-refractivity contribution is 6.74. The van der Waals surface area contributed by atoms with E-state index >= 15 is 0 Å². The number of aliphatic hydroxyl groups is 1. The number of hydrogen-bond donors (Lipinski definition) is 1. The zero-order chi connectivity index (χ0) is 18.1. The Bertz CT molecular complexity index is 715. The van der Waals surface area contributed by atoms with Crippen molar-refractivity contribution in [1.82, 2.24) is 19.5 Å². The van der Waals surface area contributed by atoms with Gasteiger partial charge in [-0.15, -0.1) is 0 Å². The Hall–Kier alpha value is -0.733. The van der Waals surface area contributed by atoms with Crippen LogP contribution in [0.15, 0.2) is 6.33 Å². The second kappa shape index (κ2) is 7.25. The Balaban J connectivity index is 2.32. The molecule has 1 atom stereocenters. The fourth-order valence-corrected chi connectivity index (χ4v) is 3.56. The first-order valence-corrected chi connectivity index (χ1v) is 11.5. The molecule has 134 valence electrons. The summed E-state index contributed by atoms with van der Waals surface area (Å²) >= 11 is 12.0. The van der Waals surface area contributed by atoms with E-state index in [-0.39, 0.29) is 28.1 Å². The standard InChI is InChI=1S/C15H24Cl2N4O2Si/c1-15(2,3)24(4,5)23-8-10(6-7-22)21-9-18-11-12(16)19-14(17)20-13(11)21/h9-10,22H,6-8H2,1-5H3/t10-/m0/s1. The molecule has 2 heterocycles. The Kier molecular flexibility index (Phi) is 5.92. The summed E-state index contributed by atoms with van der Waals surface area (Å²) < 4.78 is 8.17. The minimum Gasteiger partial charge on any atom is -0.415 e. The van der Waals surface area contributed by atoms with Gasteiger partial charge in [0.1, 0.15) is 5.52 Å². The lowest BCUT2D eigenvalue weighted by Gasteiger charge is -2.37. The molecule has 6 nitrogen and oxygen atoms in total. The van der Waals surface area contributed by atoms with Crippen molar-refractivity contribution in [2.24, 2.45) is 0 Å². The topological polar surface area (TPSA) is 73.1 Å². The zero-order valence-corrected chi connectivity index (χ0v) is 17.2. The second-order valence-corrected chi connectivity index (χ2v) is 12.9. The highest BCUT2D eigenvalue weighted by Crippen LogP contribution is 2.37. The van der Waals surface area contributed by atoms with Crippen LogP contribution in [0.5, 0.6) is 0 Å². The van der Waals surface area contributed by atoms with Gasteiger partial charge in [0, 0.05) is 6.61 Å². The van der Waals surface area contributed by atoms with Crippen molar-refractivity contribution in [3.05, 3.63) is 16.8 Å². The lowest BCUT2D eigenvalue weighted by atomic mass is 10.2. The maximum absolute atomic E-state index is 9.44. The summed E-state index contributed by atoms with van der Waals surface area (Å²) in [6, 6.07) is -0.101. The predicted octanol–water partition coefficient (Wildman–Crippen LogP) is 4.08. The van der Waals surface area contributed by atoms with Crippen LogP contribution in [0.4, 0.5) is 0 Å². The van der Waals surface area contributed by atoms with E-state index in [1.54, 1.807) is 6.33 Å². The predicted molar refractivity (Wildman–Crippen MR) is 99.2 cm³/mol. The third-order valence-corrected chi connectivity index (χ3v) is 9.58. The lowest BCUT2D eigenvalue weighted by molar-refractivity contribution is 0.191. The largest absolute Gasteiger partial charge is 0.415 e. The van der Waals surface area contributed by atoms with Crippen molar-refractivity contribution in [3.8, 4) is 0 Å². The molecule has 0 radical (unpaired) electrons. The van der Waals surface area contributed by atoms with E-state index < -0.39 is 8.32 Å². The number of imidazole rings is 1. The van der Waals surface area contributed by atoms with Crippen LogP contribution < -0.4 is 0 Å². The molecule has 0 saturated carbocycles. The molecular formula is C15H24Cl2N4O2Si. The van der Waals surface area contributed by atoms with Gasteiger partial charge in [-0.25, -0.2) is 9.97 Å². The van der Waals surface area contributed by atoms with Crippen molar-refractivity contribution in [2.45, 2.75) is 51.4 Å². The lowest BCUT2D eigenvalue weighted by Crippen LogP contribution is -2.42. The summed E-state index contributed by atoms with van der Waals surface area (Å²) in [5, 5.41) is 9.85. The fourth-order valence-electron chi connectivity index (χ4n) is 2.10. The Morgan fingerprint density at radius 3 is 2.54 bits per heavy atom. The van der Waals surface area contributed by atoms with Crippen molar-refractivity contribution in [3.63, 3.8) is 0 Å². The number of halogens is 2. The van der Waals surface area contributed by atoms with Gasteiger partial charge in [-0.1, -0.05) is 32.4 Å². The van der Waals surface area contributed by atoms with E-state index in [1.165, 1.54) is 0 Å². The highest BCUT2D eigenvalue weighted by Gasteiger charge is 2.37. The SMILES string of the molecule is CC(C)(C)[Si](C)(C)OC[C@H](CCO)n1cnc2c(Cl)nc(Cl)nc21. The summed E-state index contributed by atoms with van der Waals surface area (Å²) in [7, 11) is -1.90. The van der Waals surface area contributed by atoms with Crippen LogP contribution in [-0.2, 0) is 4.43 Å². The monoisotopic (exact) mass is 390 g/mol. The Labute approximate surface area is 153 Å². The van der Waals surface area contributed by atoms with Gasteiger partial charge in [-0.3, -0.25) is 0 Å². The highest BCUT2D eigenvalue weighted by atomic mass is 35.5. The second-order valence-electron chi connectivity index (χ2n) is 7.34. The molecule has 0 aliphatic heterocycles. The van der Waals surface area contributed by atoms with Gasteiger partial charge in [0.05, 0.1) is 19.0 Å². The van der Waals surface area contributed by atoms with E-state index in [4.69, 9.17) is 27.6 Å². The molecule has 0 aliphatic rings. The van der Waals surface area contributed by atoms with E-state index in [0.29, 0.717) is 24.2 Å². The van der Waals surface area contributed by atoms with Gasteiger partial charge in [0.25, 0.3) is 0 Å². The quantitative estimate of drug-likeness (QED) is 0.456. The minimum absolute atomic E-state index is 0.0394. The van der Waals surface area contributed by atoms with Crippen LogP contribution >= 0.6 is 23.2 Å².